The monoisotopic (exact) mass is 182 g/mol. The molecule has 0 bridgehead atoms. The van der Waals surface area contributed by atoms with Crippen LogP contribution in [0.5, 0.6) is 0 Å². The molecule has 68 valence electrons. The number of nitriles is 1. The maximum Gasteiger partial charge on any atom is 0.457 e. The fraction of sp³-hybridized carbons (Fsp3) is 0.800. The van der Waals surface area contributed by atoms with Crippen molar-refractivity contribution in [1.82, 2.24) is 0 Å². The van der Waals surface area contributed by atoms with Gasteiger partial charge in [-0.1, -0.05) is 0 Å². The Balaban J connectivity index is 4.27. The zero-order valence-corrected chi connectivity index (χ0v) is 5.84. The lowest BCUT2D eigenvalue weighted by molar-refractivity contribution is -0.563. The van der Waals surface area contributed by atoms with Crippen LogP contribution in [-0.2, 0) is 0 Å². The number of halogens is 3. The molecule has 0 aliphatic heterocycles. The summed E-state index contributed by atoms with van der Waals surface area (Å²) in [6.45, 7) is 0. The van der Waals surface area contributed by atoms with E-state index in [-0.39, 0.29) is 0 Å². The van der Waals surface area contributed by atoms with Crippen LogP contribution in [0.3, 0.4) is 0 Å². The van der Waals surface area contributed by atoms with Crippen molar-refractivity contribution < 1.29 is 18.1 Å². The van der Waals surface area contributed by atoms with Gasteiger partial charge in [0.25, 0.3) is 0 Å². The molecule has 0 saturated heterocycles. The lowest BCUT2D eigenvalue weighted by Crippen LogP contribution is -2.35. The first-order valence-electron chi connectivity index (χ1n) is 2.96. The molecule has 0 N–H and O–H groups in total. The number of nitro groups is 1. The SMILES string of the molecule is N#CCCC([N+](=O)[O-])C(F)(F)F. The molecule has 0 heterocycles. The maximum atomic E-state index is 11.7. The fourth-order valence-corrected chi connectivity index (χ4v) is 0.590. The first-order valence-corrected chi connectivity index (χ1v) is 2.96. The van der Waals surface area contributed by atoms with Crippen molar-refractivity contribution in [3.63, 3.8) is 0 Å². The molecule has 0 fully saturated rings. The van der Waals surface area contributed by atoms with E-state index in [2.05, 4.69) is 0 Å². The van der Waals surface area contributed by atoms with E-state index in [0.717, 1.165) is 0 Å². The first kappa shape index (κ1) is 10.7. The largest absolute Gasteiger partial charge is 0.457 e. The van der Waals surface area contributed by atoms with Gasteiger partial charge in [-0.3, -0.25) is 10.1 Å². The number of hydrogen-bond donors (Lipinski definition) is 0. The van der Waals surface area contributed by atoms with Crippen LogP contribution in [0.25, 0.3) is 0 Å². The molecular weight excluding hydrogens is 177 g/mol. The van der Waals surface area contributed by atoms with Crippen molar-refractivity contribution >= 4 is 0 Å². The highest BCUT2D eigenvalue weighted by molar-refractivity contribution is 4.75. The van der Waals surface area contributed by atoms with E-state index in [0.29, 0.717) is 0 Å². The molecule has 0 aromatic rings. The van der Waals surface area contributed by atoms with Crippen molar-refractivity contribution in [3.05, 3.63) is 10.1 Å². The van der Waals surface area contributed by atoms with Gasteiger partial charge >= 0.3 is 12.2 Å². The fourth-order valence-electron chi connectivity index (χ4n) is 0.590. The Kier molecular flexibility index (Phi) is 3.47. The average molecular weight is 182 g/mol. The van der Waals surface area contributed by atoms with Crippen LogP contribution in [0.2, 0.25) is 0 Å². The minimum atomic E-state index is -4.86. The summed E-state index contributed by atoms with van der Waals surface area (Å²) in [7, 11) is 0. The highest BCUT2D eigenvalue weighted by Gasteiger charge is 2.48. The molecule has 0 rings (SSSR count). The minimum absolute atomic E-state index is 0.467. The standard InChI is InChI=1S/C5H5F3N2O2/c6-5(7,8)4(10(11)12)2-1-3-9/h4H,1-2H2. The third-order valence-electron chi connectivity index (χ3n) is 1.16. The Morgan fingerprint density at radius 2 is 2.08 bits per heavy atom. The Morgan fingerprint density at radius 1 is 1.58 bits per heavy atom. The van der Waals surface area contributed by atoms with Crippen LogP contribution in [0, 0.1) is 21.4 Å². The molecule has 7 heteroatoms. The summed E-state index contributed by atoms with van der Waals surface area (Å²) in [5.41, 5.74) is 0. The van der Waals surface area contributed by atoms with E-state index in [1.54, 1.807) is 0 Å². The van der Waals surface area contributed by atoms with Crippen molar-refractivity contribution in [2.24, 2.45) is 0 Å². The van der Waals surface area contributed by atoms with E-state index >= 15 is 0 Å². The van der Waals surface area contributed by atoms with Gasteiger partial charge in [-0.05, 0) is 0 Å². The van der Waals surface area contributed by atoms with Crippen LogP contribution in [0.1, 0.15) is 12.8 Å². The Morgan fingerprint density at radius 3 is 2.33 bits per heavy atom. The van der Waals surface area contributed by atoms with E-state index in [4.69, 9.17) is 5.26 Å². The van der Waals surface area contributed by atoms with Gasteiger partial charge in [-0.25, -0.2) is 0 Å². The Bertz CT molecular complexity index is 208. The second kappa shape index (κ2) is 3.90. The van der Waals surface area contributed by atoms with Crippen LogP contribution in [0.15, 0.2) is 0 Å². The number of alkyl halides is 3. The van der Waals surface area contributed by atoms with Gasteiger partial charge < -0.3 is 0 Å². The molecule has 1 unspecified atom stereocenters. The number of hydrogen-bond acceptors (Lipinski definition) is 3. The van der Waals surface area contributed by atoms with Gasteiger partial charge in [0, 0.05) is 17.8 Å². The topological polar surface area (TPSA) is 66.9 Å². The van der Waals surface area contributed by atoms with Gasteiger partial charge in [-0.15, -0.1) is 0 Å². The predicted molar refractivity (Wildman–Crippen MR) is 31.7 cm³/mol. The van der Waals surface area contributed by atoms with Crippen molar-refractivity contribution in [2.45, 2.75) is 25.1 Å². The van der Waals surface area contributed by atoms with Crippen LogP contribution < -0.4 is 0 Å². The summed E-state index contributed by atoms with van der Waals surface area (Å²) >= 11 is 0. The Labute approximate surface area is 65.7 Å². The average Bonchev–Trinajstić information content (AvgIpc) is 1.84. The number of nitrogens with zero attached hydrogens (tertiary/aromatic N) is 2. The van der Waals surface area contributed by atoms with Crippen LogP contribution in [0.4, 0.5) is 13.2 Å². The minimum Gasteiger partial charge on any atom is -0.264 e. The lowest BCUT2D eigenvalue weighted by Gasteiger charge is -2.10. The Hall–Kier alpha value is -1.32. The first-order chi connectivity index (χ1) is 5.39. The molecule has 0 spiro atoms. The molecule has 1 atom stereocenters. The molecule has 0 aliphatic rings. The highest BCUT2D eigenvalue weighted by Crippen LogP contribution is 2.25. The van der Waals surface area contributed by atoms with E-state index in [1.807, 2.05) is 0 Å². The molecule has 0 amide bonds. The van der Waals surface area contributed by atoms with E-state index in [9.17, 15) is 23.3 Å². The molecule has 0 saturated carbocycles. The second-order valence-electron chi connectivity index (χ2n) is 2.04. The summed E-state index contributed by atoms with van der Waals surface area (Å²) in [5, 5.41) is 17.8. The normalized spacial score (nSPS) is 13.5. The molecule has 0 aliphatic carbocycles. The molecule has 4 nitrogen and oxygen atoms in total. The summed E-state index contributed by atoms with van der Waals surface area (Å²) in [6, 6.07) is -1.19. The van der Waals surface area contributed by atoms with E-state index in [1.165, 1.54) is 6.07 Å². The third kappa shape index (κ3) is 3.18. The summed E-state index contributed by atoms with van der Waals surface area (Å²) in [6.07, 6.45) is -6.11. The van der Waals surface area contributed by atoms with E-state index < -0.39 is 30.0 Å². The van der Waals surface area contributed by atoms with Crippen LogP contribution >= 0.6 is 0 Å². The van der Waals surface area contributed by atoms with Gasteiger partial charge in [0.1, 0.15) is 0 Å². The van der Waals surface area contributed by atoms with Gasteiger partial charge in [-0.2, -0.15) is 18.4 Å². The summed E-state index contributed by atoms with van der Waals surface area (Å²) in [5.74, 6) is 0. The molecule has 0 radical (unpaired) electrons. The predicted octanol–water partition coefficient (Wildman–Crippen LogP) is 1.50. The number of rotatable bonds is 3. The van der Waals surface area contributed by atoms with Gasteiger partial charge in [0.15, 0.2) is 0 Å². The zero-order valence-electron chi connectivity index (χ0n) is 5.84. The lowest BCUT2D eigenvalue weighted by atomic mass is 10.2. The molecule has 12 heavy (non-hydrogen) atoms. The second-order valence-corrected chi connectivity index (χ2v) is 2.04. The van der Waals surface area contributed by atoms with Crippen molar-refractivity contribution in [1.29, 1.82) is 5.26 Å². The highest BCUT2D eigenvalue weighted by atomic mass is 19.4. The van der Waals surface area contributed by atoms with Crippen molar-refractivity contribution in [3.8, 4) is 6.07 Å². The summed E-state index contributed by atoms with van der Waals surface area (Å²) < 4.78 is 35.2. The van der Waals surface area contributed by atoms with Gasteiger partial charge in [0.2, 0.25) is 0 Å². The third-order valence-corrected chi connectivity index (χ3v) is 1.16. The quantitative estimate of drug-likeness (QED) is 0.490. The zero-order chi connectivity index (χ0) is 9.78. The summed E-state index contributed by atoms with van der Waals surface area (Å²) in [4.78, 5) is 8.41. The molecule has 0 aromatic heterocycles. The maximum absolute atomic E-state index is 11.7. The molecule has 0 aromatic carbocycles. The smallest absolute Gasteiger partial charge is 0.264 e. The van der Waals surface area contributed by atoms with Gasteiger partial charge in [0.05, 0.1) is 6.07 Å². The van der Waals surface area contributed by atoms with Crippen molar-refractivity contribution in [2.75, 3.05) is 0 Å². The van der Waals surface area contributed by atoms with Crippen LogP contribution in [-0.4, -0.2) is 17.1 Å². The molecular formula is C5H5F3N2O2.